The Hall–Kier alpha value is -5.86. The van der Waals surface area contributed by atoms with E-state index < -0.39 is 0 Å². The highest BCUT2D eigenvalue weighted by molar-refractivity contribution is 6.25. The minimum absolute atomic E-state index is 0.885. The van der Waals surface area contributed by atoms with Crippen LogP contribution in [0.15, 0.2) is 158 Å². The fraction of sp³-hybridized carbons (Fsp3) is 0. The van der Waals surface area contributed by atoms with Crippen molar-refractivity contribution in [2.45, 2.75) is 0 Å². The molecule has 0 fully saturated rings. The van der Waals surface area contributed by atoms with Crippen LogP contribution in [0.3, 0.4) is 0 Å². The second kappa shape index (κ2) is 9.86. The summed E-state index contributed by atoms with van der Waals surface area (Å²) in [6.45, 7) is 0. The van der Waals surface area contributed by atoms with Crippen LogP contribution in [-0.4, -0.2) is 9.97 Å². The van der Waals surface area contributed by atoms with Gasteiger partial charge in [-0.25, -0.2) is 9.97 Å². The molecule has 1 heterocycles. The molecule has 0 aliphatic rings. The summed E-state index contributed by atoms with van der Waals surface area (Å²) in [4.78, 5) is 10.4. The van der Waals surface area contributed by atoms with Crippen molar-refractivity contribution in [3.63, 3.8) is 0 Å². The lowest BCUT2D eigenvalue weighted by atomic mass is 9.92. The Labute approximate surface area is 254 Å². The maximum Gasteiger partial charge on any atom is 0.0973 e. The van der Waals surface area contributed by atoms with Crippen LogP contribution >= 0.6 is 0 Å². The first kappa shape index (κ1) is 24.7. The van der Waals surface area contributed by atoms with E-state index in [0.717, 1.165) is 39.1 Å². The van der Waals surface area contributed by atoms with Gasteiger partial charge < -0.3 is 0 Å². The fourth-order valence-electron chi connectivity index (χ4n) is 6.65. The monoisotopic (exact) mass is 558 g/mol. The predicted octanol–water partition coefficient (Wildman–Crippen LogP) is 11.2. The number of aromatic nitrogens is 2. The summed E-state index contributed by atoms with van der Waals surface area (Å²) in [6.07, 6.45) is 0. The summed E-state index contributed by atoms with van der Waals surface area (Å²) >= 11 is 0. The Morgan fingerprint density at radius 2 is 0.841 bits per heavy atom. The van der Waals surface area contributed by atoms with Crippen molar-refractivity contribution in [1.82, 2.24) is 9.97 Å². The first-order chi connectivity index (χ1) is 21.8. The predicted molar refractivity (Wildman–Crippen MR) is 186 cm³/mol. The molecule has 0 radical (unpaired) electrons. The molecular formula is C42H26N2. The zero-order chi connectivity index (χ0) is 29.0. The van der Waals surface area contributed by atoms with E-state index in [4.69, 9.17) is 9.97 Å². The Balaban J connectivity index is 1.25. The summed E-state index contributed by atoms with van der Waals surface area (Å²) < 4.78 is 0. The normalized spacial score (nSPS) is 11.6. The molecule has 2 nitrogen and oxygen atoms in total. The molecule has 0 saturated carbocycles. The topological polar surface area (TPSA) is 25.8 Å². The van der Waals surface area contributed by atoms with Gasteiger partial charge in [-0.05, 0) is 72.4 Å². The van der Waals surface area contributed by atoms with E-state index in [0.29, 0.717) is 0 Å². The highest BCUT2D eigenvalue weighted by Gasteiger charge is 2.14. The van der Waals surface area contributed by atoms with Crippen LogP contribution < -0.4 is 0 Å². The van der Waals surface area contributed by atoms with Crippen LogP contribution in [0.1, 0.15) is 0 Å². The Kier molecular flexibility index (Phi) is 5.54. The van der Waals surface area contributed by atoms with E-state index in [9.17, 15) is 0 Å². The van der Waals surface area contributed by atoms with E-state index in [1.807, 2.05) is 24.3 Å². The minimum atomic E-state index is 0.885. The summed E-state index contributed by atoms with van der Waals surface area (Å²) in [5.41, 5.74) is 7.97. The quantitative estimate of drug-likeness (QED) is 0.202. The van der Waals surface area contributed by atoms with Gasteiger partial charge in [-0.3, -0.25) is 0 Å². The third-order valence-electron chi connectivity index (χ3n) is 8.82. The number of benzene rings is 8. The zero-order valence-electron chi connectivity index (χ0n) is 23.9. The molecule has 2 heteroatoms. The lowest BCUT2D eigenvalue weighted by Gasteiger charge is -2.13. The highest BCUT2D eigenvalue weighted by atomic mass is 14.8. The maximum absolute atomic E-state index is 5.23. The lowest BCUT2D eigenvalue weighted by molar-refractivity contribution is 1.29. The van der Waals surface area contributed by atoms with Gasteiger partial charge in [0.25, 0.3) is 0 Å². The van der Waals surface area contributed by atoms with E-state index >= 15 is 0 Å². The molecule has 9 aromatic rings. The van der Waals surface area contributed by atoms with Gasteiger partial charge in [0, 0.05) is 11.1 Å². The molecule has 0 bridgehead atoms. The van der Waals surface area contributed by atoms with Crippen LogP contribution in [0.25, 0.3) is 87.8 Å². The Bertz CT molecular complexity index is 2530. The third kappa shape index (κ3) is 3.96. The zero-order valence-corrected chi connectivity index (χ0v) is 23.9. The second-order valence-corrected chi connectivity index (χ2v) is 11.4. The molecule has 44 heavy (non-hydrogen) atoms. The Morgan fingerprint density at radius 1 is 0.295 bits per heavy atom. The van der Waals surface area contributed by atoms with E-state index in [1.54, 1.807) is 0 Å². The van der Waals surface area contributed by atoms with Crippen molar-refractivity contribution in [2.24, 2.45) is 0 Å². The van der Waals surface area contributed by atoms with E-state index in [1.165, 1.54) is 48.7 Å². The summed E-state index contributed by atoms with van der Waals surface area (Å²) in [6, 6.07) is 56.1. The molecule has 0 saturated heterocycles. The highest BCUT2D eigenvalue weighted by Crippen LogP contribution is 2.38. The van der Waals surface area contributed by atoms with E-state index in [-0.39, 0.29) is 0 Å². The Morgan fingerprint density at radius 3 is 1.64 bits per heavy atom. The number of nitrogens with zero attached hydrogens (tertiary/aromatic N) is 2. The maximum atomic E-state index is 5.23. The van der Waals surface area contributed by atoms with Gasteiger partial charge in [-0.2, -0.15) is 0 Å². The van der Waals surface area contributed by atoms with Crippen molar-refractivity contribution in [3.05, 3.63) is 158 Å². The third-order valence-corrected chi connectivity index (χ3v) is 8.82. The molecule has 0 aliphatic carbocycles. The van der Waals surface area contributed by atoms with Crippen LogP contribution in [0, 0.1) is 0 Å². The lowest BCUT2D eigenvalue weighted by Crippen LogP contribution is -1.95. The summed E-state index contributed by atoms with van der Waals surface area (Å²) in [7, 11) is 0. The molecule has 9 rings (SSSR count). The van der Waals surface area contributed by atoms with Gasteiger partial charge in [-0.1, -0.05) is 140 Å². The average molecular weight is 559 g/mol. The molecule has 0 spiro atoms. The number of rotatable bonds is 3. The SMILES string of the molecule is c1ccc(-c2nc3ccc(-c4ccc5ccc6ccc7c8ccccc8ccc7c6c5c4)cc3nc2-c2ccccc2)cc1. The first-order valence-electron chi connectivity index (χ1n) is 15.0. The molecular weight excluding hydrogens is 532 g/mol. The molecule has 0 unspecified atom stereocenters. The smallest absolute Gasteiger partial charge is 0.0973 e. The van der Waals surface area contributed by atoms with Gasteiger partial charge in [0.1, 0.15) is 0 Å². The van der Waals surface area contributed by atoms with E-state index in [2.05, 4.69) is 133 Å². The average Bonchev–Trinajstić information content (AvgIpc) is 3.10. The van der Waals surface area contributed by atoms with Crippen molar-refractivity contribution >= 4 is 54.1 Å². The second-order valence-electron chi connectivity index (χ2n) is 11.4. The minimum Gasteiger partial charge on any atom is -0.244 e. The van der Waals surface area contributed by atoms with Gasteiger partial charge in [0.15, 0.2) is 0 Å². The van der Waals surface area contributed by atoms with Crippen molar-refractivity contribution in [3.8, 4) is 33.6 Å². The number of hydrogen-bond donors (Lipinski definition) is 0. The van der Waals surface area contributed by atoms with Crippen LogP contribution in [0.4, 0.5) is 0 Å². The number of hydrogen-bond acceptors (Lipinski definition) is 2. The van der Waals surface area contributed by atoms with Crippen LogP contribution in [0.5, 0.6) is 0 Å². The summed E-state index contributed by atoms with van der Waals surface area (Å²) in [5, 5.41) is 10.2. The van der Waals surface area contributed by atoms with Gasteiger partial charge >= 0.3 is 0 Å². The van der Waals surface area contributed by atoms with Crippen molar-refractivity contribution in [2.75, 3.05) is 0 Å². The largest absolute Gasteiger partial charge is 0.244 e. The standard InChI is InChI=1S/C42H26N2/c1-3-10-30(11-4-1)41-42(31-12-5-2-6-13-31)44-39-26-33(21-24-38(39)43-41)32-18-16-28-15-17-29-20-22-35-34-14-8-7-9-27(34)19-23-36(35)40(29)37(28)25-32/h1-26H. The first-order valence-corrected chi connectivity index (χ1v) is 15.0. The molecule has 0 atom stereocenters. The molecule has 8 aromatic carbocycles. The van der Waals surface area contributed by atoms with Gasteiger partial charge in [0.05, 0.1) is 22.4 Å². The van der Waals surface area contributed by atoms with Crippen molar-refractivity contribution in [1.29, 1.82) is 0 Å². The molecule has 0 N–H and O–H groups in total. The van der Waals surface area contributed by atoms with Crippen LogP contribution in [0.2, 0.25) is 0 Å². The summed E-state index contributed by atoms with van der Waals surface area (Å²) in [5.74, 6) is 0. The fourth-order valence-corrected chi connectivity index (χ4v) is 6.65. The van der Waals surface area contributed by atoms with Gasteiger partial charge in [0.2, 0.25) is 0 Å². The molecule has 1 aromatic heterocycles. The molecule has 0 amide bonds. The van der Waals surface area contributed by atoms with Crippen molar-refractivity contribution < 1.29 is 0 Å². The van der Waals surface area contributed by atoms with Gasteiger partial charge in [-0.15, -0.1) is 0 Å². The van der Waals surface area contributed by atoms with Crippen LogP contribution in [-0.2, 0) is 0 Å². The molecule has 0 aliphatic heterocycles. The number of fused-ring (bicyclic) bond motifs is 8. The molecule has 204 valence electrons.